The maximum Gasteiger partial charge on any atom is 0.310 e. The van der Waals surface area contributed by atoms with Gasteiger partial charge in [0.2, 0.25) is 0 Å². The Morgan fingerprint density at radius 2 is 1.55 bits per heavy atom. The Bertz CT molecular complexity index is 885. The summed E-state index contributed by atoms with van der Waals surface area (Å²) in [7, 11) is 0. The van der Waals surface area contributed by atoms with Crippen molar-refractivity contribution in [3.8, 4) is 0 Å². The SMILES string of the molecule is CC1(C)CC[C@]2(C(=O)O)CC[C@]3(C)C(=CC[C@@H]4[C@@]5(C)C(O)CCC(C)(C)[C@@H]5CC[C@]43C)[C@@H]2C1. The molecule has 0 saturated heterocycles. The van der Waals surface area contributed by atoms with E-state index in [0.717, 1.165) is 51.4 Å². The van der Waals surface area contributed by atoms with Gasteiger partial charge < -0.3 is 10.2 Å². The van der Waals surface area contributed by atoms with E-state index in [1.807, 2.05) is 0 Å². The molecular weight excluding hydrogens is 408 g/mol. The van der Waals surface area contributed by atoms with Gasteiger partial charge in [-0.15, -0.1) is 0 Å². The van der Waals surface area contributed by atoms with Crippen LogP contribution in [-0.2, 0) is 4.79 Å². The fourth-order valence-corrected chi connectivity index (χ4v) is 10.6. The molecular formula is C30H48O3. The molecule has 0 amide bonds. The van der Waals surface area contributed by atoms with Crippen LogP contribution in [0.1, 0.15) is 113 Å². The Hall–Kier alpha value is -0.830. The average molecular weight is 457 g/mol. The van der Waals surface area contributed by atoms with Crippen LogP contribution in [0.2, 0.25) is 0 Å². The van der Waals surface area contributed by atoms with E-state index in [1.54, 1.807) is 0 Å². The summed E-state index contributed by atoms with van der Waals surface area (Å²) in [5, 5.41) is 22.0. The van der Waals surface area contributed by atoms with Crippen LogP contribution in [0.15, 0.2) is 11.6 Å². The molecule has 0 aromatic rings. The van der Waals surface area contributed by atoms with Crippen molar-refractivity contribution in [2.24, 2.45) is 50.2 Å². The lowest BCUT2D eigenvalue weighted by Crippen LogP contribution is -2.66. The molecule has 2 N–H and O–H groups in total. The van der Waals surface area contributed by atoms with Gasteiger partial charge in [-0.2, -0.15) is 0 Å². The zero-order chi connectivity index (χ0) is 24.2. The molecule has 4 fully saturated rings. The Labute approximate surface area is 201 Å². The number of allylic oxidation sites excluding steroid dienone is 2. The van der Waals surface area contributed by atoms with Crippen LogP contribution in [0.3, 0.4) is 0 Å². The third-order valence-electron chi connectivity index (χ3n) is 13.0. The number of fused-ring (bicyclic) bond motifs is 7. The lowest BCUT2D eigenvalue weighted by molar-refractivity contribution is -0.220. The normalized spacial score (nSPS) is 52.4. The Kier molecular flexibility index (Phi) is 4.99. The van der Waals surface area contributed by atoms with Gasteiger partial charge in [0.25, 0.3) is 0 Å². The van der Waals surface area contributed by atoms with Crippen molar-refractivity contribution >= 4 is 5.97 Å². The third kappa shape index (κ3) is 2.87. The molecule has 0 bridgehead atoms. The molecule has 0 radical (unpaired) electrons. The number of rotatable bonds is 1. The molecule has 0 heterocycles. The molecule has 5 aliphatic carbocycles. The van der Waals surface area contributed by atoms with Crippen molar-refractivity contribution < 1.29 is 15.0 Å². The van der Waals surface area contributed by atoms with Crippen LogP contribution >= 0.6 is 0 Å². The van der Waals surface area contributed by atoms with Crippen molar-refractivity contribution in [3.63, 3.8) is 0 Å². The number of carboxylic acids is 1. The maximum absolute atomic E-state index is 12.8. The zero-order valence-electron chi connectivity index (χ0n) is 22.3. The van der Waals surface area contributed by atoms with Crippen LogP contribution in [0.4, 0.5) is 0 Å². The summed E-state index contributed by atoms with van der Waals surface area (Å²) in [6, 6.07) is 0. The molecule has 5 aliphatic rings. The Balaban J connectivity index is 1.62. The monoisotopic (exact) mass is 456 g/mol. The smallest absolute Gasteiger partial charge is 0.310 e. The number of carboxylic acid groups (broad SMARTS) is 1. The van der Waals surface area contributed by atoms with E-state index in [-0.39, 0.29) is 39.1 Å². The van der Waals surface area contributed by atoms with Gasteiger partial charge in [-0.05, 0) is 104 Å². The lowest BCUT2D eigenvalue weighted by atomic mass is 9.33. The second-order valence-corrected chi connectivity index (χ2v) is 15.1. The zero-order valence-corrected chi connectivity index (χ0v) is 22.3. The highest BCUT2D eigenvalue weighted by Gasteiger charge is 2.69. The average Bonchev–Trinajstić information content (AvgIpc) is 2.71. The predicted molar refractivity (Wildman–Crippen MR) is 133 cm³/mol. The van der Waals surface area contributed by atoms with Crippen LogP contribution in [0.25, 0.3) is 0 Å². The van der Waals surface area contributed by atoms with Crippen LogP contribution in [0.5, 0.6) is 0 Å². The highest BCUT2D eigenvalue weighted by Crippen LogP contribution is 2.75. The van der Waals surface area contributed by atoms with E-state index in [0.29, 0.717) is 11.8 Å². The van der Waals surface area contributed by atoms with Crippen LogP contribution in [0, 0.1) is 50.2 Å². The summed E-state index contributed by atoms with van der Waals surface area (Å²) in [5.41, 5.74) is 1.47. The minimum atomic E-state index is -0.572. The molecule has 0 aromatic carbocycles. The highest BCUT2D eigenvalue weighted by molar-refractivity contribution is 5.76. The minimum absolute atomic E-state index is 0.0300. The van der Waals surface area contributed by atoms with Gasteiger partial charge in [0, 0.05) is 5.41 Å². The number of aliphatic hydroxyl groups is 1. The number of hydrogen-bond donors (Lipinski definition) is 2. The summed E-state index contributed by atoms with van der Waals surface area (Å²) in [5.74, 6) is 0.619. The largest absolute Gasteiger partial charge is 0.481 e. The number of aliphatic carboxylic acids is 1. The third-order valence-corrected chi connectivity index (χ3v) is 13.0. The summed E-state index contributed by atoms with van der Waals surface area (Å²) >= 11 is 0. The standard InChI is InChI=1S/C30H48O3/c1-25(2)14-16-30(24(32)33)17-15-27(5)19(20(30)18-25)8-9-22-28(27,6)13-10-21-26(3,4)12-11-23(31)29(21,22)7/h8,20-23,31H,9-18H2,1-7H3,(H,32,33)/t20-,21-,22-,23?,27+,28+,29-,30-/m0/s1. The summed E-state index contributed by atoms with van der Waals surface area (Å²) in [4.78, 5) is 12.8. The van der Waals surface area contributed by atoms with Crippen molar-refractivity contribution in [3.05, 3.63) is 11.6 Å². The summed E-state index contributed by atoms with van der Waals surface area (Å²) in [6.45, 7) is 17.0. The maximum atomic E-state index is 12.8. The first-order valence-corrected chi connectivity index (χ1v) is 13.8. The molecule has 3 heteroatoms. The van der Waals surface area contributed by atoms with Gasteiger partial charge in [-0.1, -0.05) is 60.1 Å². The Morgan fingerprint density at radius 3 is 2.21 bits per heavy atom. The molecule has 1 unspecified atom stereocenters. The van der Waals surface area contributed by atoms with Gasteiger partial charge in [-0.3, -0.25) is 4.79 Å². The number of hydrogen-bond acceptors (Lipinski definition) is 2. The number of aliphatic hydroxyl groups excluding tert-OH is 1. The minimum Gasteiger partial charge on any atom is -0.481 e. The second-order valence-electron chi connectivity index (χ2n) is 15.1. The van der Waals surface area contributed by atoms with Crippen molar-refractivity contribution in [2.45, 2.75) is 119 Å². The van der Waals surface area contributed by atoms with E-state index in [4.69, 9.17) is 0 Å². The van der Waals surface area contributed by atoms with Crippen LogP contribution in [-0.4, -0.2) is 22.3 Å². The topological polar surface area (TPSA) is 57.5 Å². The first-order valence-electron chi connectivity index (χ1n) is 13.8. The second kappa shape index (κ2) is 6.89. The van der Waals surface area contributed by atoms with E-state index in [1.165, 1.54) is 18.4 Å². The summed E-state index contributed by atoms with van der Waals surface area (Å²) < 4.78 is 0. The molecule has 186 valence electrons. The first-order chi connectivity index (χ1) is 15.1. The van der Waals surface area contributed by atoms with E-state index in [9.17, 15) is 15.0 Å². The molecule has 4 saturated carbocycles. The van der Waals surface area contributed by atoms with Crippen LogP contribution < -0.4 is 0 Å². The fraction of sp³-hybridized carbons (Fsp3) is 0.900. The molecule has 3 nitrogen and oxygen atoms in total. The van der Waals surface area contributed by atoms with E-state index >= 15 is 0 Å². The van der Waals surface area contributed by atoms with Gasteiger partial charge >= 0.3 is 5.97 Å². The predicted octanol–water partition coefficient (Wildman–Crippen LogP) is 7.23. The first kappa shape index (κ1) is 23.9. The van der Waals surface area contributed by atoms with Crippen molar-refractivity contribution in [1.29, 1.82) is 0 Å². The molecule has 8 atom stereocenters. The molecule has 0 aromatic heterocycles. The van der Waals surface area contributed by atoms with Crippen molar-refractivity contribution in [2.75, 3.05) is 0 Å². The lowest BCUT2D eigenvalue weighted by Gasteiger charge is -2.71. The summed E-state index contributed by atoms with van der Waals surface area (Å²) in [6.07, 6.45) is 12.3. The molecule has 0 aliphatic heterocycles. The molecule has 5 rings (SSSR count). The van der Waals surface area contributed by atoms with E-state index < -0.39 is 11.4 Å². The van der Waals surface area contributed by atoms with E-state index in [2.05, 4.69) is 54.5 Å². The number of carbonyl (C=O) groups is 1. The fourth-order valence-electron chi connectivity index (χ4n) is 10.6. The molecule has 33 heavy (non-hydrogen) atoms. The van der Waals surface area contributed by atoms with Gasteiger partial charge in [0.05, 0.1) is 11.5 Å². The van der Waals surface area contributed by atoms with Gasteiger partial charge in [-0.25, -0.2) is 0 Å². The highest BCUT2D eigenvalue weighted by atomic mass is 16.4. The molecule has 0 spiro atoms. The Morgan fingerprint density at radius 1 is 0.879 bits per heavy atom. The van der Waals surface area contributed by atoms with Crippen molar-refractivity contribution in [1.82, 2.24) is 0 Å². The van der Waals surface area contributed by atoms with Gasteiger partial charge in [0.15, 0.2) is 0 Å². The quantitative estimate of drug-likeness (QED) is 0.409. The van der Waals surface area contributed by atoms with Gasteiger partial charge in [0.1, 0.15) is 0 Å².